The van der Waals surface area contributed by atoms with Gasteiger partial charge in [0.15, 0.2) is 0 Å². The van der Waals surface area contributed by atoms with Gasteiger partial charge in [-0.3, -0.25) is 0 Å². The normalized spacial score (nSPS) is 17.3. The topological polar surface area (TPSA) is 105 Å². The van der Waals surface area contributed by atoms with Crippen molar-refractivity contribution < 1.29 is 24.5 Å². The highest BCUT2D eigenvalue weighted by atomic mass is 16.5. The van der Waals surface area contributed by atoms with Crippen molar-refractivity contribution in [3.8, 4) is 0 Å². The van der Waals surface area contributed by atoms with Crippen LogP contribution in [-0.4, -0.2) is 62.8 Å². The Balaban J connectivity index is 0.000000531. The monoisotopic (exact) mass is 533 g/mol. The number of hydrogen-bond acceptors (Lipinski definition) is 5. The number of piperidine rings is 1. The van der Waals surface area contributed by atoms with Gasteiger partial charge < -0.3 is 24.4 Å². The second-order valence-electron chi connectivity index (χ2n) is 10.4. The Hall–Kier alpha value is -3.49. The van der Waals surface area contributed by atoms with Crippen molar-refractivity contribution in [2.75, 3.05) is 20.1 Å². The maximum Gasteiger partial charge on any atom is 0.414 e. The molecule has 3 aromatic rings. The number of rotatable bonds is 8. The van der Waals surface area contributed by atoms with Crippen molar-refractivity contribution in [2.45, 2.75) is 70.1 Å². The number of fused-ring (bicyclic) bond motifs is 2. The number of imidazole rings is 1. The van der Waals surface area contributed by atoms with Crippen LogP contribution in [0.3, 0.4) is 0 Å². The lowest BCUT2D eigenvalue weighted by Crippen LogP contribution is -2.35. The molecule has 8 heteroatoms. The number of benzene rings is 2. The zero-order chi connectivity index (χ0) is 27.6. The van der Waals surface area contributed by atoms with Crippen LogP contribution in [-0.2, 0) is 40.1 Å². The molecule has 1 saturated heterocycles. The van der Waals surface area contributed by atoms with E-state index in [-0.39, 0.29) is 6.10 Å². The van der Waals surface area contributed by atoms with Crippen molar-refractivity contribution in [3.63, 3.8) is 0 Å². The third kappa shape index (κ3) is 8.25. The van der Waals surface area contributed by atoms with Crippen molar-refractivity contribution >= 4 is 11.9 Å². The fourth-order valence-corrected chi connectivity index (χ4v) is 5.30. The number of aliphatic carboxylic acids is 2. The van der Waals surface area contributed by atoms with E-state index < -0.39 is 11.9 Å². The summed E-state index contributed by atoms with van der Waals surface area (Å²) in [5, 5.41) is 14.8. The van der Waals surface area contributed by atoms with Gasteiger partial charge >= 0.3 is 11.9 Å². The highest BCUT2D eigenvalue weighted by Gasteiger charge is 2.30. The zero-order valence-corrected chi connectivity index (χ0v) is 22.7. The fourth-order valence-electron chi connectivity index (χ4n) is 5.30. The average molecular weight is 534 g/mol. The molecule has 1 fully saturated rings. The van der Waals surface area contributed by atoms with Crippen molar-refractivity contribution in [1.29, 1.82) is 0 Å². The summed E-state index contributed by atoms with van der Waals surface area (Å²) in [7, 11) is 2.20. The summed E-state index contributed by atoms with van der Waals surface area (Å²) in [6.07, 6.45) is 11.7. The summed E-state index contributed by atoms with van der Waals surface area (Å²) in [4.78, 5) is 25.8. The van der Waals surface area contributed by atoms with Gasteiger partial charge in [0.05, 0.1) is 11.8 Å². The first-order valence-corrected chi connectivity index (χ1v) is 13.9. The summed E-state index contributed by atoms with van der Waals surface area (Å²) in [6.45, 7) is 3.21. The molecule has 0 spiro atoms. The minimum Gasteiger partial charge on any atom is -0.473 e. The minimum absolute atomic E-state index is 0.0519. The Kier molecular flexibility index (Phi) is 10.3. The molecule has 2 aliphatic rings. The molecule has 1 aromatic heterocycles. The molecule has 2 aromatic carbocycles. The first-order valence-electron chi connectivity index (χ1n) is 13.9. The molecule has 0 amide bonds. The van der Waals surface area contributed by atoms with Crippen LogP contribution >= 0.6 is 0 Å². The van der Waals surface area contributed by atoms with Gasteiger partial charge in [-0.1, -0.05) is 61.0 Å². The molecule has 2 aliphatic heterocycles. The van der Waals surface area contributed by atoms with Crippen LogP contribution in [0, 0.1) is 0 Å². The summed E-state index contributed by atoms with van der Waals surface area (Å²) >= 11 is 0. The van der Waals surface area contributed by atoms with Gasteiger partial charge in [0.25, 0.3) is 0 Å². The zero-order valence-electron chi connectivity index (χ0n) is 22.7. The van der Waals surface area contributed by atoms with Crippen LogP contribution in [0.4, 0.5) is 0 Å². The highest BCUT2D eigenvalue weighted by molar-refractivity contribution is 6.27. The maximum atomic E-state index is 9.10. The first-order chi connectivity index (χ1) is 18.9. The number of aromatic nitrogens is 2. The quantitative estimate of drug-likeness (QED) is 0.318. The second kappa shape index (κ2) is 14.1. The molecule has 1 atom stereocenters. The Labute approximate surface area is 230 Å². The number of nitrogens with zero attached hydrogens (tertiary/aromatic N) is 3. The summed E-state index contributed by atoms with van der Waals surface area (Å²) < 4.78 is 9.18. The Morgan fingerprint density at radius 3 is 2.28 bits per heavy atom. The molecule has 39 heavy (non-hydrogen) atoms. The van der Waals surface area contributed by atoms with Gasteiger partial charge in [0.1, 0.15) is 11.9 Å². The second-order valence-corrected chi connectivity index (χ2v) is 10.4. The summed E-state index contributed by atoms with van der Waals surface area (Å²) in [5.41, 5.74) is 5.39. The van der Waals surface area contributed by atoms with Crippen LogP contribution in [0.25, 0.3) is 0 Å². The third-order valence-electron chi connectivity index (χ3n) is 7.47. The fraction of sp³-hybridized carbons (Fsp3) is 0.452. The number of carbonyl (C=O) groups is 2. The van der Waals surface area contributed by atoms with Gasteiger partial charge in [0.2, 0.25) is 0 Å². The molecule has 0 bridgehead atoms. The molecular formula is C31H39N3O5. The van der Waals surface area contributed by atoms with Crippen molar-refractivity contribution in [3.05, 3.63) is 89.0 Å². The number of ether oxygens (including phenoxy) is 1. The highest BCUT2D eigenvalue weighted by Crippen LogP contribution is 2.34. The Morgan fingerprint density at radius 2 is 1.56 bits per heavy atom. The van der Waals surface area contributed by atoms with E-state index in [4.69, 9.17) is 29.5 Å². The lowest BCUT2D eigenvalue weighted by atomic mass is 10.00. The van der Waals surface area contributed by atoms with E-state index in [2.05, 4.69) is 77.3 Å². The predicted octanol–water partition coefficient (Wildman–Crippen LogP) is 4.75. The molecule has 3 heterocycles. The maximum absolute atomic E-state index is 9.10. The third-order valence-corrected chi connectivity index (χ3v) is 7.47. The average Bonchev–Trinajstić information content (AvgIpc) is 3.29. The molecule has 1 unspecified atom stereocenters. The summed E-state index contributed by atoms with van der Waals surface area (Å²) in [5.74, 6) is -2.54. The number of aryl methyl sites for hydroxylation is 4. The SMILES string of the molecule is CN1CCC(OC2c3ccccc3CCn3cc(CCCCCc4ccccc4)nc32)CC1.O=C(O)C(=O)O. The minimum atomic E-state index is -1.82. The van der Waals surface area contributed by atoms with Crippen LogP contribution < -0.4 is 0 Å². The molecular weight excluding hydrogens is 494 g/mol. The van der Waals surface area contributed by atoms with Crippen molar-refractivity contribution in [2.24, 2.45) is 0 Å². The van der Waals surface area contributed by atoms with Crippen molar-refractivity contribution in [1.82, 2.24) is 14.5 Å². The molecule has 2 N–H and O–H groups in total. The first kappa shape index (κ1) is 28.5. The van der Waals surface area contributed by atoms with Gasteiger partial charge in [-0.2, -0.15) is 0 Å². The van der Waals surface area contributed by atoms with E-state index in [0.717, 1.165) is 51.1 Å². The lowest BCUT2D eigenvalue weighted by Gasteiger charge is -2.32. The number of hydrogen-bond donors (Lipinski definition) is 2. The van der Waals surface area contributed by atoms with Crippen LogP contribution in [0.5, 0.6) is 0 Å². The molecule has 0 radical (unpaired) electrons. The molecule has 0 saturated carbocycles. The Morgan fingerprint density at radius 1 is 0.897 bits per heavy atom. The summed E-state index contributed by atoms with van der Waals surface area (Å²) in [6, 6.07) is 19.6. The number of likely N-dealkylation sites (tertiary alicyclic amines) is 1. The van der Waals surface area contributed by atoms with Gasteiger partial charge in [-0.25, -0.2) is 14.6 Å². The standard InChI is InChI=1S/C29H37N3O.C2H2O4/c1-31-19-17-26(18-20-31)33-28-27-15-9-8-13-24(27)16-21-32-22-25(30-29(28)32)14-7-3-6-12-23-10-4-2-5-11-23;3-1(4)2(5)6/h2,4-5,8-11,13,15,22,26,28H,3,6-7,12,14,16-21H2,1H3;(H,3,4)(H,5,6). The Bertz CT molecular complexity index is 1210. The molecule has 5 rings (SSSR count). The van der Waals surface area contributed by atoms with Gasteiger partial charge in [-0.05, 0) is 68.7 Å². The lowest BCUT2D eigenvalue weighted by molar-refractivity contribution is -0.159. The van der Waals surface area contributed by atoms with E-state index in [0.29, 0.717) is 6.10 Å². The van der Waals surface area contributed by atoms with Gasteiger partial charge in [0, 0.05) is 25.8 Å². The predicted molar refractivity (Wildman–Crippen MR) is 149 cm³/mol. The van der Waals surface area contributed by atoms with Crippen LogP contribution in [0.15, 0.2) is 60.8 Å². The number of carboxylic acid groups (broad SMARTS) is 2. The number of carboxylic acids is 2. The molecule has 8 nitrogen and oxygen atoms in total. The largest absolute Gasteiger partial charge is 0.473 e. The van der Waals surface area contributed by atoms with E-state index in [9.17, 15) is 0 Å². The molecule has 0 aliphatic carbocycles. The van der Waals surface area contributed by atoms with E-state index in [1.54, 1.807) is 0 Å². The molecule has 208 valence electrons. The number of unbranched alkanes of at least 4 members (excludes halogenated alkanes) is 2. The van der Waals surface area contributed by atoms with E-state index >= 15 is 0 Å². The van der Waals surface area contributed by atoms with E-state index in [1.807, 2.05) is 0 Å². The van der Waals surface area contributed by atoms with E-state index in [1.165, 1.54) is 48.1 Å². The van der Waals surface area contributed by atoms with Crippen LogP contribution in [0.2, 0.25) is 0 Å². The van der Waals surface area contributed by atoms with Gasteiger partial charge in [-0.15, -0.1) is 0 Å². The van der Waals surface area contributed by atoms with Crippen LogP contribution in [0.1, 0.15) is 66.4 Å². The smallest absolute Gasteiger partial charge is 0.414 e.